The number of nitrogens with zero attached hydrogens (tertiary/aromatic N) is 4. The lowest BCUT2D eigenvalue weighted by Crippen LogP contribution is -2.21. The van der Waals surface area contributed by atoms with E-state index in [1.54, 1.807) is 30.5 Å². The molecule has 0 spiro atoms. The van der Waals surface area contributed by atoms with E-state index in [2.05, 4.69) is 20.3 Å². The molecule has 0 aliphatic rings. The van der Waals surface area contributed by atoms with E-state index in [0.717, 1.165) is 22.3 Å². The van der Waals surface area contributed by atoms with Crippen molar-refractivity contribution < 1.29 is 13.6 Å². The van der Waals surface area contributed by atoms with Crippen molar-refractivity contribution in [2.45, 2.75) is 18.5 Å². The minimum absolute atomic E-state index is 0.0601. The molecule has 0 fully saturated rings. The van der Waals surface area contributed by atoms with Crippen molar-refractivity contribution in [1.82, 2.24) is 19.5 Å². The number of para-hydroxylation sites is 1. The molecule has 0 bridgehead atoms. The molecule has 0 aliphatic carbocycles. The van der Waals surface area contributed by atoms with Crippen molar-refractivity contribution in [2.24, 2.45) is 0 Å². The smallest absolute Gasteiger partial charge is 0.256 e. The van der Waals surface area contributed by atoms with Gasteiger partial charge < -0.3 is 5.32 Å². The second-order valence-electron chi connectivity index (χ2n) is 8.62. The molecule has 0 atom stereocenters. The number of aryl methyl sites for hydroxylation is 1. The molecule has 11 heteroatoms. The van der Waals surface area contributed by atoms with Crippen LogP contribution in [0.3, 0.4) is 0 Å². The van der Waals surface area contributed by atoms with Gasteiger partial charge in [0.1, 0.15) is 22.5 Å². The summed E-state index contributed by atoms with van der Waals surface area (Å²) in [5, 5.41) is 3.93. The number of carbonyl (C=O) groups excluding carboxylic acids is 1. The highest BCUT2D eigenvalue weighted by Gasteiger charge is 2.20. The molecule has 0 saturated heterocycles. The maximum absolute atomic E-state index is 14.8. The molecule has 3 aromatic heterocycles. The maximum Gasteiger partial charge on any atom is 0.256 e. The fourth-order valence-corrected chi connectivity index (χ4v) is 4.64. The first-order valence-corrected chi connectivity index (χ1v) is 13.3. The molecule has 0 unspecified atom stereocenters. The van der Waals surface area contributed by atoms with Gasteiger partial charge in [-0.3, -0.25) is 14.2 Å². The van der Waals surface area contributed by atoms with Gasteiger partial charge in [0.15, 0.2) is 10.8 Å². The fraction of sp³-hybridized carbons (Fsp3) is 0.107. The van der Waals surface area contributed by atoms with E-state index in [-0.39, 0.29) is 18.0 Å². The number of nitrogens with one attached hydrogen (secondary N) is 1. The van der Waals surface area contributed by atoms with Gasteiger partial charge >= 0.3 is 0 Å². The predicted molar refractivity (Wildman–Crippen MR) is 149 cm³/mol. The molecule has 1 N–H and O–H groups in total. The second kappa shape index (κ2) is 10.9. The minimum atomic E-state index is -0.896. The number of rotatable bonds is 6. The average Bonchev–Trinajstić information content (AvgIpc) is 2.91. The van der Waals surface area contributed by atoms with Crippen molar-refractivity contribution >= 4 is 46.0 Å². The van der Waals surface area contributed by atoms with Crippen LogP contribution in [0, 0.1) is 18.6 Å². The van der Waals surface area contributed by atoms with Crippen molar-refractivity contribution in [3.63, 3.8) is 0 Å². The van der Waals surface area contributed by atoms with E-state index in [1.807, 2.05) is 13.0 Å². The quantitative estimate of drug-likeness (QED) is 0.155. The third-order valence-corrected chi connectivity index (χ3v) is 6.77. The number of hydrogen-bond acceptors (Lipinski definition) is 6. The summed E-state index contributed by atoms with van der Waals surface area (Å²) in [5.74, 6) is -2.05. The van der Waals surface area contributed by atoms with E-state index >= 15 is 0 Å². The second-order valence-corrected chi connectivity index (χ2v) is 9.78. The zero-order valence-electron chi connectivity index (χ0n) is 20.7. The zero-order valence-corrected chi connectivity index (χ0v) is 22.3. The Labute approximate surface area is 230 Å². The van der Waals surface area contributed by atoms with Crippen LogP contribution < -0.4 is 10.9 Å². The Morgan fingerprint density at radius 3 is 2.51 bits per heavy atom. The largest absolute Gasteiger partial charge is 0.326 e. The molecule has 5 aromatic rings. The minimum Gasteiger partial charge on any atom is -0.326 e. The molecule has 0 radical (unpaired) electrons. The van der Waals surface area contributed by atoms with Gasteiger partial charge in [-0.15, -0.1) is 0 Å². The number of carbonyl (C=O) groups is 1. The van der Waals surface area contributed by atoms with Crippen LogP contribution in [0.1, 0.15) is 11.1 Å². The van der Waals surface area contributed by atoms with Gasteiger partial charge in [0.05, 0.1) is 12.1 Å². The van der Waals surface area contributed by atoms with Gasteiger partial charge in [-0.05, 0) is 60.7 Å². The normalized spacial score (nSPS) is 11.1. The Morgan fingerprint density at radius 2 is 1.82 bits per heavy atom. The summed E-state index contributed by atoms with van der Waals surface area (Å²) >= 11 is 7.04. The molecule has 7 nitrogen and oxygen atoms in total. The summed E-state index contributed by atoms with van der Waals surface area (Å²) in [5.41, 5.74) is 2.06. The van der Waals surface area contributed by atoms with Gasteiger partial charge in [-0.2, -0.15) is 0 Å². The molecular formula is C28H20ClF2N5O2S. The first kappa shape index (κ1) is 26.5. The molecule has 2 aromatic carbocycles. The highest BCUT2D eigenvalue weighted by atomic mass is 35.5. The highest BCUT2D eigenvalue weighted by molar-refractivity contribution is 7.98. The van der Waals surface area contributed by atoms with Crippen LogP contribution >= 0.6 is 23.4 Å². The number of amides is 1. The summed E-state index contributed by atoms with van der Waals surface area (Å²) in [6.07, 6.45) is 3.40. The standard InChI is InChI=1S/C28H20ClF2N5O2S/c1-15-6-8-17(33-23(37)12-16-7-10-22(29)32-14-16)13-19(15)25-18-9-11-24(38)36(27(18)35-28(34-25)39-2)26-20(30)4-3-5-21(26)31/h3-11,13-14H,12H2,1-2H3,(H,33,37). The molecule has 196 valence electrons. The Hall–Kier alpha value is -4.15. The first-order chi connectivity index (χ1) is 18.7. The zero-order chi connectivity index (χ0) is 27.7. The van der Waals surface area contributed by atoms with E-state index in [9.17, 15) is 18.4 Å². The fourth-order valence-electron chi connectivity index (χ4n) is 4.17. The molecule has 0 aliphatic heterocycles. The maximum atomic E-state index is 14.8. The monoisotopic (exact) mass is 563 g/mol. The number of halogens is 3. The number of benzene rings is 2. The summed E-state index contributed by atoms with van der Waals surface area (Å²) in [6.45, 7) is 1.87. The van der Waals surface area contributed by atoms with Crippen LogP contribution in [-0.2, 0) is 11.2 Å². The molecule has 5 rings (SSSR count). The lowest BCUT2D eigenvalue weighted by Gasteiger charge is -2.16. The molecule has 3 heterocycles. The lowest BCUT2D eigenvalue weighted by molar-refractivity contribution is -0.115. The Bertz CT molecular complexity index is 1770. The van der Waals surface area contributed by atoms with E-state index in [0.29, 0.717) is 38.2 Å². The molecular weight excluding hydrogens is 544 g/mol. The Balaban J connectivity index is 1.62. The SMILES string of the molecule is CSc1nc(-c2cc(NC(=O)Cc3ccc(Cl)nc3)ccc2C)c2ccc(=O)n(-c3c(F)cccc3F)c2n1. The van der Waals surface area contributed by atoms with E-state index in [4.69, 9.17) is 11.6 Å². The van der Waals surface area contributed by atoms with Crippen molar-refractivity contribution in [3.05, 3.63) is 105 Å². The number of anilines is 1. The average molecular weight is 564 g/mol. The van der Waals surface area contributed by atoms with Crippen LogP contribution in [-0.4, -0.2) is 31.7 Å². The van der Waals surface area contributed by atoms with Gasteiger partial charge in [0.25, 0.3) is 5.56 Å². The number of thioether (sulfide) groups is 1. The Kier molecular flexibility index (Phi) is 7.40. The van der Waals surface area contributed by atoms with Gasteiger partial charge in [-0.25, -0.2) is 23.7 Å². The summed E-state index contributed by atoms with van der Waals surface area (Å²) < 4.78 is 30.5. The number of fused-ring (bicyclic) bond motifs is 1. The van der Waals surface area contributed by atoms with Gasteiger partial charge in [0.2, 0.25) is 5.91 Å². The summed E-state index contributed by atoms with van der Waals surface area (Å²) in [4.78, 5) is 38.7. The first-order valence-electron chi connectivity index (χ1n) is 11.7. The highest BCUT2D eigenvalue weighted by Crippen LogP contribution is 2.33. The Morgan fingerprint density at radius 1 is 1.05 bits per heavy atom. The predicted octanol–water partition coefficient (Wildman–Crippen LogP) is 5.99. The van der Waals surface area contributed by atoms with Gasteiger partial charge in [-0.1, -0.05) is 41.6 Å². The third kappa shape index (κ3) is 5.39. The van der Waals surface area contributed by atoms with Crippen LogP contribution in [0.25, 0.3) is 28.0 Å². The number of pyridine rings is 2. The van der Waals surface area contributed by atoms with Gasteiger partial charge in [0, 0.05) is 28.9 Å². The summed E-state index contributed by atoms with van der Waals surface area (Å²) in [6, 6.07) is 14.8. The van der Waals surface area contributed by atoms with E-state index in [1.165, 1.54) is 36.2 Å². The molecule has 39 heavy (non-hydrogen) atoms. The number of aromatic nitrogens is 4. The van der Waals surface area contributed by atoms with Crippen LogP contribution in [0.15, 0.2) is 76.8 Å². The van der Waals surface area contributed by atoms with Crippen molar-refractivity contribution in [1.29, 1.82) is 0 Å². The number of hydrogen-bond donors (Lipinski definition) is 1. The summed E-state index contributed by atoms with van der Waals surface area (Å²) in [7, 11) is 0. The van der Waals surface area contributed by atoms with Crippen molar-refractivity contribution in [2.75, 3.05) is 11.6 Å². The van der Waals surface area contributed by atoms with Crippen molar-refractivity contribution in [3.8, 4) is 16.9 Å². The van der Waals surface area contributed by atoms with E-state index < -0.39 is 22.9 Å². The molecule has 1 amide bonds. The third-order valence-electron chi connectivity index (χ3n) is 6.00. The van der Waals surface area contributed by atoms with Crippen LogP contribution in [0.4, 0.5) is 14.5 Å². The van der Waals surface area contributed by atoms with Crippen LogP contribution in [0.2, 0.25) is 5.15 Å². The lowest BCUT2D eigenvalue weighted by atomic mass is 10.0. The molecule has 0 saturated carbocycles. The topological polar surface area (TPSA) is 89.8 Å². The van der Waals surface area contributed by atoms with Crippen LogP contribution in [0.5, 0.6) is 0 Å².